The Bertz CT molecular complexity index is 373. The molecule has 0 amide bonds. The Hall–Kier alpha value is -0.990. The van der Waals surface area contributed by atoms with Crippen molar-refractivity contribution < 1.29 is 9.90 Å². The zero-order valence-electron chi connectivity index (χ0n) is 7.21. The van der Waals surface area contributed by atoms with Crippen LogP contribution in [0.3, 0.4) is 0 Å². The topological polar surface area (TPSA) is 37.3 Å². The number of benzene rings is 1. The van der Waals surface area contributed by atoms with Gasteiger partial charge < -0.3 is 5.11 Å². The lowest BCUT2D eigenvalue weighted by atomic mass is 10.1. The molecule has 0 aromatic heterocycles. The quantitative estimate of drug-likeness (QED) is 0.641. The average Bonchev–Trinajstić information content (AvgIpc) is 2.18. The normalized spacial score (nSPS) is 10.7. The molecule has 74 valence electrons. The average molecular weight is 231 g/mol. The monoisotopic (exact) mass is 230 g/mol. The van der Waals surface area contributed by atoms with Gasteiger partial charge in [-0.25, -0.2) is 0 Å². The Kier molecular flexibility index (Phi) is 3.98. The maximum absolute atomic E-state index is 10.5. The largest absolute Gasteiger partial charge is 0.507 e. The Morgan fingerprint density at radius 2 is 2.00 bits per heavy atom. The molecule has 1 N–H and O–H groups in total. The molecule has 0 saturated heterocycles. The fraction of sp³-hybridized carbons (Fsp3) is 0.100. The number of allylic oxidation sites excluding steroid dienone is 1. The van der Waals surface area contributed by atoms with Crippen molar-refractivity contribution in [2.75, 3.05) is 5.88 Å². The van der Waals surface area contributed by atoms with Gasteiger partial charge >= 0.3 is 0 Å². The summed E-state index contributed by atoms with van der Waals surface area (Å²) >= 11 is 11.2. The first-order valence-electron chi connectivity index (χ1n) is 3.89. The van der Waals surface area contributed by atoms with Gasteiger partial charge in [-0.15, -0.1) is 11.6 Å². The molecule has 0 aliphatic heterocycles. The predicted molar refractivity (Wildman–Crippen MR) is 58.3 cm³/mol. The van der Waals surface area contributed by atoms with E-state index in [0.29, 0.717) is 22.8 Å². The predicted octanol–water partition coefficient (Wildman–Crippen LogP) is 3.11. The molecule has 14 heavy (non-hydrogen) atoms. The van der Waals surface area contributed by atoms with Crippen molar-refractivity contribution in [3.8, 4) is 5.75 Å². The fourth-order valence-corrected chi connectivity index (χ4v) is 1.35. The first-order chi connectivity index (χ1) is 6.69. The molecular weight excluding hydrogens is 223 g/mol. The number of hydrogen-bond acceptors (Lipinski definition) is 2. The summed E-state index contributed by atoms with van der Waals surface area (Å²) in [5.41, 5.74) is 0.659. The molecule has 0 fully saturated rings. The molecule has 0 aliphatic carbocycles. The first-order valence-corrected chi connectivity index (χ1v) is 4.80. The highest BCUT2D eigenvalue weighted by Gasteiger charge is 2.05. The number of carbonyl (C=O) groups is 1. The lowest BCUT2D eigenvalue weighted by Gasteiger charge is -2.02. The van der Waals surface area contributed by atoms with Gasteiger partial charge in [-0.3, -0.25) is 4.79 Å². The van der Waals surface area contributed by atoms with E-state index in [9.17, 15) is 9.90 Å². The summed E-state index contributed by atoms with van der Waals surface area (Å²) in [5, 5.41) is 9.96. The van der Waals surface area contributed by atoms with Crippen molar-refractivity contribution >= 4 is 35.6 Å². The number of phenolic OH excluding ortho intramolecular Hbond substituents is 1. The van der Waals surface area contributed by atoms with Crippen LogP contribution in [0.15, 0.2) is 18.2 Å². The molecule has 0 atom stereocenters. The number of aldehydes is 1. The van der Waals surface area contributed by atoms with E-state index in [-0.39, 0.29) is 11.3 Å². The molecule has 4 heteroatoms. The summed E-state index contributed by atoms with van der Waals surface area (Å²) in [7, 11) is 0. The third-order valence-corrected chi connectivity index (χ3v) is 2.04. The van der Waals surface area contributed by atoms with E-state index >= 15 is 0 Å². The van der Waals surface area contributed by atoms with E-state index in [1.807, 2.05) is 0 Å². The van der Waals surface area contributed by atoms with Crippen molar-refractivity contribution in [1.82, 2.24) is 0 Å². The standard InChI is InChI=1S/C10H8Cl2O2/c11-3-1-2-7-4-9(12)5-8(6-13)10(7)14/h1-2,4-6,14H,3H2. The van der Waals surface area contributed by atoms with E-state index in [1.54, 1.807) is 18.2 Å². The highest BCUT2D eigenvalue weighted by Crippen LogP contribution is 2.26. The molecule has 2 nitrogen and oxygen atoms in total. The van der Waals surface area contributed by atoms with E-state index in [0.717, 1.165) is 0 Å². The smallest absolute Gasteiger partial charge is 0.153 e. The van der Waals surface area contributed by atoms with Crippen LogP contribution in [0.1, 0.15) is 15.9 Å². The Balaban J connectivity index is 3.21. The molecule has 0 saturated carbocycles. The number of hydrogen-bond donors (Lipinski definition) is 1. The van der Waals surface area contributed by atoms with Crippen LogP contribution in [0.25, 0.3) is 6.08 Å². The van der Waals surface area contributed by atoms with Crippen LogP contribution < -0.4 is 0 Å². The minimum Gasteiger partial charge on any atom is -0.507 e. The van der Waals surface area contributed by atoms with Gasteiger partial charge in [0.2, 0.25) is 0 Å². The second kappa shape index (κ2) is 5.03. The van der Waals surface area contributed by atoms with E-state index in [4.69, 9.17) is 23.2 Å². The summed E-state index contributed by atoms with van der Waals surface area (Å²) in [4.78, 5) is 10.5. The second-order valence-corrected chi connectivity index (χ2v) is 3.35. The maximum Gasteiger partial charge on any atom is 0.153 e. The van der Waals surface area contributed by atoms with Crippen LogP contribution >= 0.6 is 23.2 Å². The summed E-state index contributed by atoms with van der Waals surface area (Å²) < 4.78 is 0. The Morgan fingerprint density at radius 3 is 2.57 bits per heavy atom. The first kappa shape index (κ1) is 11.1. The van der Waals surface area contributed by atoms with Gasteiger partial charge in [0.15, 0.2) is 6.29 Å². The zero-order valence-corrected chi connectivity index (χ0v) is 8.72. The van der Waals surface area contributed by atoms with Crippen molar-refractivity contribution in [2.24, 2.45) is 0 Å². The van der Waals surface area contributed by atoms with E-state index in [2.05, 4.69) is 0 Å². The SMILES string of the molecule is O=Cc1cc(Cl)cc(C=CCCl)c1O. The van der Waals surface area contributed by atoms with Crippen LogP contribution in [-0.2, 0) is 0 Å². The van der Waals surface area contributed by atoms with Crippen molar-refractivity contribution in [3.63, 3.8) is 0 Å². The van der Waals surface area contributed by atoms with Gasteiger partial charge in [0, 0.05) is 16.5 Å². The van der Waals surface area contributed by atoms with Crippen LogP contribution in [0, 0.1) is 0 Å². The number of carbonyl (C=O) groups excluding carboxylic acids is 1. The fourth-order valence-electron chi connectivity index (χ4n) is 1.03. The molecule has 0 unspecified atom stereocenters. The molecule has 1 aromatic carbocycles. The van der Waals surface area contributed by atoms with Gasteiger partial charge in [0.1, 0.15) is 5.75 Å². The van der Waals surface area contributed by atoms with Crippen LogP contribution in [0.5, 0.6) is 5.75 Å². The molecule has 1 aromatic rings. The van der Waals surface area contributed by atoms with Gasteiger partial charge in [0.05, 0.1) is 5.56 Å². The minimum atomic E-state index is -0.0780. The summed E-state index contributed by atoms with van der Waals surface area (Å²) in [6.45, 7) is 0. The molecule has 0 aliphatic rings. The lowest BCUT2D eigenvalue weighted by molar-refractivity contribution is 0.112. The van der Waals surface area contributed by atoms with Gasteiger partial charge in [-0.2, -0.15) is 0 Å². The van der Waals surface area contributed by atoms with Crippen molar-refractivity contribution in [2.45, 2.75) is 0 Å². The highest BCUT2D eigenvalue weighted by molar-refractivity contribution is 6.31. The summed E-state index contributed by atoms with van der Waals surface area (Å²) in [5.74, 6) is 0.258. The molecule has 0 heterocycles. The van der Waals surface area contributed by atoms with Gasteiger partial charge in [0.25, 0.3) is 0 Å². The lowest BCUT2D eigenvalue weighted by Crippen LogP contribution is -1.85. The number of halogens is 2. The van der Waals surface area contributed by atoms with E-state index < -0.39 is 0 Å². The number of rotatable bonds is 3. The molecular formula is C10H8Cl2O2. The molecule has 0 spiro atoms. The van der Waals surface area contributed by atoms with E-state index in [1.165, 1.54) is 6.07 Å². The maximum atomic E-state index is 10.5. The van der Waals surface area contributed by atoms with Gasteiger partial charge in [-0.1, -0.05) is 23.8 Å². The zero-order chi connectivity index (χ0) is 10.6. The summed E-state index contributed by atoms with van der Waals surface area (Å²) in [6.07, 6.45) is 3.82. The minimum absolute atomic E-state index is 0.0780. The Labute approximate surface area is 91.8 Å². The second-order valence-electron chi connectivity index (χ2n) is 2.61. The third kappa shape index (κ3) is 2.50. The van der Waals surface area contributed by atoms with Crippen molar-refractivity contribution in [1.29, 1.82) is 0 Å². The molecule has 0 bridgehead atoms. The highest BCUT2D eigenvalue weighted by atomic mass is 35.5. The molecule has 1 rings (SSSR count). The number of phenols is 1. The van der Waals surface area contributed by atoms with Crippen molar-refractivity contribution in [3.05, 3.63) is 34.4 Å². The number of alkyl halides is 1. The van der Waals surface area contributed by atoms with Gasteiger partial charge in [-0.05, 0) is 12.1 Å². The summed E-state index contributed by atoms with van der Waals surface area (Å²) in [6, 6.07) is 2.97. The number of aromatic hydroxyl groups is 1. The molecule has 0 radical (unpaired) electrons. The van der Waals surface area contributed by atoms with Crippen LogP contribution in [0.4, 0.5) is 0 Å². The third-order valence-electron chi connectivity index (χ3n) is 1.65. The Morgan fingerprint density at radius 1 is 1.36 bits per heavy atom. The van der Waals surface area contributed by atoms with Crippen LogP contribution in [-0.4, -0.2) is 17.3 Å². The van der Waals surface area contributed by atoms with Crippen LogP contribution in [0.2, 0.25) is 5.02 Å².